The summed E-state index contributed by atoms with van der Waals surface area (Å²) in [6, 6.07) is 2.24. The van der Waals surface area contributed by atoms with Gasteiger partial charge in [-0.1, -0.05) is 54.0 Å². The van der Waals surface area contributed by atoms with Gasteiger partial charge in [-0.05, 0) is 116 Å². The molecule has 0 amide bonds. The molecule has 49 heavy (non-hydrogen) atoms. The first kappa shape index (κ1) is 33.6. The van der Waals surface area contributed by atoms with Crippen LogP contribution in [0.3, 0.4) is 0 Å². The van der Waals surface area contributed by atoms with Gasteiger partial charge in [-0.25, -0.2) is 0 Å². The van der Waals surface area contributed by atoms with Crippen LogP contribution in [0.4, 0.5) is 5.82 Å². The number of carbonyl (C=O) groups is 1. The van der Waals surface area contributed by atoms with Gasteiger partial charge < -0.3 is 20.2 Å². The number of H-pyrrole nitrogens is 1. The maximum absolute atomic E-state index is 13.6. The van der Waals surface area contributed by atoms with Crippen LogP contribution in [0.1, 0.15) is 122 Å². The number of fused-ring (bicyclic) bond motifs is 8. The number of aromatic nitrogens is 2. The van der Waals surface area contributed by atoms with E-state index in [-0.39, 0.29) is 33.0 Å². The summed E-state index contributed by atoms with van der Waals surface area (Å²) in [4.78, 5) is 18.5. The smallest absolute Gasteiger partial charge is 0.310 e. The zero-order valence-corrected chi connectivity index (χ0v) is 31.5. The number of nitrogens with one attached hydrogen (secondary N) is 1. The minimum atomic E-state index is -0.700. The molecule has 2 aromatic heterocycles. The van der Waals surface area contributed by atoms with Crippen LogP contribution in [0.2, 0.25) is 0 Å². The van der Waals surface area contributed by atoms with Crippen molar-refractivity contribution in [3.05, 3.63) is 40.5 Å². The van der Waals surface area contributed by atoms with Crippen LogP contribution in [-0.4, -0.2) is 64.3 Å². The number of hydrogen-bond acceptors (Lipinski definition) is 6. The maximum Gasteiger partial charge on any atom is 0.310 e. The van der Waals surface area contributed by atoms with Gasteiger partial charge in [-0.2, -0.15) is 5.10 Å². The number of carboxylic acids is 1. The molecule has 1 saturated heterocycles. The van der Waals surface area contributed by atoms with Crippen LogP contribution in [0, 0.1) is 44.8 Å². The number of carboxylic acid groups (broad SMARTS) is 1. The van der Waals surface area contributed by atoms with Crippen LogP contribution < -0.4 is 5.73 Å². The number of aliphatic carboxylic acids is 1. The third kappa shape index (κ3) is 4.53. The third-order valence-corrected chi connectivity index (χ3v) is 16.4. The van der Waals surface area contributed by atoms with E-state index >= 15 is 0 Å². The van der Waals surface area contributed by atoms with Crippen LogP contribution in [0.15, 0.2) is 22.3 Å². The lowest BCUT2D eigenvalue weighted by molar-refractivity contribution is -0.175. The Morgan fingerprint density at radius 3 is 2.45 bits per heavy atom. The molecule has 7 atom stereocenters. The number of aromatic amines is 1. The van der Waals surface area contributed by atoms with Crippen molar-refractivity contribution in [2.75, 3.05) is 39.0 Å². The third-order valence-electron chi connectivity index (χ3n) is 16.4. The van der Waals surface area contributed by atoms with E-state index in [0.717, 1.165) is 108 Å². The quantitative estimate of drug-likeness (QED) is 0.305. The van der Waals surface area contributed by atoms with Crippen LogP contribution in [0.5, 0.6) is 0 Å². The van der Waals surface area contributed by atoms with E-state index in [0.29, 0.717) is 11.8 Å². The molecule has 8 nitrogen and oxygen atoms in total. The van der Waals surface area contributed by atoms with Gasteiger partial charge in [0.05, 0.1) is 23.9 Å². The highest BCUT2D eigenvalue weighted by Crippen LogP contribution is 2.77. The van der Waals surface area contributed by atoms with Gasteiger partial charge in [-0.3, -0.25) is 14.8 Å². The molecule has 3 heterocycles. The average Bonchev–Trinajstić information content (AvgIpc) is 3.64. The second-order valence-corrected chi connectivity index (χ2v) is 19.6. The van der Waals surface area contributed by atoms with Crippen molar-refractivity contribution in [3.8, 4) is 0 Å². The lowest BCUT2D eigenvalue weighted by Crippen LogP contribution is -2.65. The van der Waals surface area contributed by atoms with E-state index in [4.69, 9.17) is 15.2 Å². The van der Waals surface area contributed by atoms with Crippen molar-refractivity contribution < 1.29 is 14.3 Å². The number of furan rings is 1. The Hall–Kier alpha value is -2.58. The van der Waals surface area contributed by atoms with E-state index in [9.17, 15) is 9.90 Å². The highest BCUT2D eigenvalue weighted by Gasteiger charge is 2.70. The number of rotatable bonds is 4. The van der Waals surface area contributed by atoms with Gasteiger partial charge in [-0.15, -0.1) is 0 Å². The summed E-state index contributed by atoms with van der Waals surface area (Å²) in [5.74, 6) is 2.12. The van der Waals surface area contributed by atoms with Crippen molar-refractivity contribution >= 4 is 17.4 Å². The number of likely N-dealkylation sites (N-methyl/N-ethyl adjacent to an activating group) is 1. The van der Waals surface area contributed by atoms with Gasteiger partial charge in [0.1, 0.15) is 11.6 Å². The van der Waals surface area contributed by atoms with Gasteiger partial charge in [0.15, 0.2) is 0 Å². The van der Waals surface area contributed by atoms with Crippen molar-refractivity contribution in [2.24, 2.45) is 44.8 Å². The molecular weight excluding hydrogens is 610 g/mol. The van der Waals surface area contributed by atoms with Crippen molar-refractivity contribution in [1.29, 1.82) is 0 Å². The minimum absolute atomic E-state index is 0.00973. The van der Waals surface area contributed by atoms with Gasteiger partial charge >= 0.3 is 5.97 Å². The SMILES string of the molecule is CN1CCN(Cc2occc2C2=C3C4CC(C)(C)CCC4(C(=O)O)CCC3(C)C3(C)CCC4C(C)(C)c5n[nH]c(N)c5CC4(C)C3C2)CC1. The molecule has 268 valence electrons. The highest BCUT2D eigenvalue weighted by atomic mass is 16.4. The fourth-order valence-corrected chi connectivity index (χ4v) is 13.4. The molecule has 6 aliphatic rings. The Labute approximate surface area is 293 Å². The van der Waals surface area contributed by atoms with E-state index in [1.807, 2.05) is 6.26 Å². The maximum atomic E-state index is 13.6. The first-order chi connectivity index (χ1) is 23.0. The van der Waals surface area contributed by atoms with Gasteiger partial charge in [0.2, 0.25) is 0 Å². The topological polar surface area (TPSA) is 112 Å². The average molecular weight is 672 g/mol. The van der Waals surface area contributed by atoms with Gasteiger partial charge in [0, 0.05) is 42.7 Å². The second-order valence-electron chi connectivity index (χ2n) is 19.6. The first-order valence-electron chi connectivity index (χ1n) is 19.2. The fourth-order valence-electron chi connectivity index (χ4n) is 13.4. The van der Waals surface area contributed by atoms with E-state index < -0.39 is 11.4 Å². The molecule has 2 aromatic rings. The number of nitrogen functional groups attached to an aromatic ring is 1. The zero-order chi connectivity index (χ0) is 34.9. The Kier molecular flexibility index (Phi) is 7.34. The van der Waals surface area contributed by atoms with Gasteiger partial charge in [0.25, 0.3) is 0 Å². The van der Waals surface area contributed by atoms with Crippen LogP contribution in [-0.2, 0) is 23.2 Å². The molecule has 1 aliphatic heterocycles. The van der Waals surface area contributed by atoms with E-state index in [1.165, 1.54) is 22.3 Å². The summed E-state index contributed by atoms with van der Waals surface area (Å²) in [6.45, 7) is 22.3. The molecule has 3 saturated carbocycles. The summed E-state index contributed by atoms with van der Waals surface area (Å²) < 4.78 is 6.45. The normalized spacial score (nSPS) is 40.1. The van der Waals surface area contributed by atoms with Crippen molar-refractivity contribution in [1.82, 2.24) is 20.0 Å². The molecule has 4 N–H and O–H groups in total. The Morgan fingerprint density at radius 2 is 1.73 bits per heavy atom. The fraction of sp³-hybridized carbons (Fsp3) is 0.756. The highest BCUT2D eigenvalue weighted by molar-refractivity contribution is 5.80. The number of nitrogens with two attached hydrogens (primary N) is 1. The minimum Gasteiger partial charge on any atom is -0.481 e. The summed E-state index contributed by atoms with van der Waals surface area (Å²) in [5, 5.41) is 19.1. The van der Waals surface area contributed by atoms with Crippen molar-refractivity contribution in [3.63, 3.8) is 0 Å². The number of anilines is 1. The predicted molar refractivity (Wildman–Crippen MR) is 194 cm³/mol. The predicted octanol–water partition coefficient (Wildman–Crippen LogP) is 7.76. The lowest BCUT2D eigenvalue weighted by Gasteiger charge is -2.71. The van der Waals surface area contributed by atoms with E-state index in [2.05, 4.69) is 76.5 Å². The first-order valence-corrected chi connectivity index (χ1v) is 19.2. The standard InChI is InChI=1S/C41H61N5O3/c1-36(2)12-14-41(35(47)48)15-13-40(7)32(28(41)23-36)26(25-10-20-49-29(25)24-46-18-16-45(8)17-19-46)21-31-38(5)22-27-33(43-44-34(27)42)37(3,4)30(38)9-11-39(31,40)6/h10,20,28,30-31H,9,11-19,21-24H2,1-8H3,(H,47,48)(H3,42,43,44). The Balaban J connectivity index is 1.33. The monoisotopic (exact) mass is 671 g/mol. The zero-order valence-electron chi connectivity index (χ0n) is 31.5. The molecule has 5 aliphatic carbocycles. The summed E-state index contributed by atoms with van der Waals surface area (Å²) in [5.41, 5.74) is 12.4. The molecule has 0 spiro atoms. The van der Waals surface area contributed by atoms with Crippen LogP contribution in [0.25, 0.3) is 5.57 Å². The largest absolute Gasteiger partial charge is 0.481 e. The number of nitrogens with zero attached hydrogens (tertiary/aromatic N) is 3. The molecule has 0 radical (unpaired) electrons. The number of allylic oxidation sites excluding steroid dienone is 2. The molecular formula is C41H61N5O3. The molecule has 8 heteroatoms. The van der Waals surface area contributed by atoms with Crippen molar-refractivity contribution in [2.45, 2.75) is 118 Å². The van der Waals surface area contributed by atoms with E-state index in [1.54, 1.807) is 0 Å². The number of hydrogen-bond donors (Lipinski definition) is 3. The van der Waals surface area contributed by atoms with Crippen LogP contribution >= 0.6 is 0 Å². The Morgan fingerprint density at radius 1 is 1.02 bits per heavy atom. The summed E-state index contributed by atoms with van der Waals surface area (Å²) in [7, 11) is 2.20. The lowest BCUT2D eigenvalue weighted by atomic mass is 9.33. The Bertz CT molecular complexity index is 1690. The molecule has 8 rings (SSSR count). The number of piperazine rings is 1. The second kappa shape index (κ2) is 10.7. The molecule has 4 fully saturated rings. The summed E-state index contributed by atoms with van der Waals surface area (Å²) >= 11 is 0. The summed E-state index contributed by atoms with van der Waals surface area (Å²) in [6.07, 6.45) is 10.5. The molecule has 0 bridgehead atoms. The molecule has 7 unspecified atom stereocenters. The molecule has 0 aromatic carbocycles.